The molecule has 1 aliphatic heterocycles. The summed E-state index contributed by atoms with van der Waals surface area (Å²) in [5.41, 5.74) is 4.68. The first-order valence-electron chi connectivity index (χ1n) is 15.0. The molecule has 0 aromatic carbocycles. The topological polar surface area (TPSA) is 184 Å². The number of aliphatic hydroxyl groups excluding tert-OH is 1. The molecule has 4 atom stereocenters. The molecular formula is C29H51N3O10S. The lowest BCUT2D eigenvalue weighted by Crippen LogP contribution is -2.41. The van der Waals surface area contributed by atoms with Gasteiger partial charge in [-0.25, -0.2) is 0 Å². The lowest BCUT2D eigenvalue weighted by atomic mass is 10.0. The molecule has 1 fully saturated rings. The number of aliphatic hydroxyl groups is 1. The first kappa shape index (κ1) is 38.8. The Kier molecular flexibility index (Phi) is 18.6. The second-order valence-electron chi connectivity index (χ2n) is 11.0. The molecular weight excluding hydrogens is 582 g/mol. The Bertz CT molecular complexity index is 900. The van der Waals surface area contributed by atoms with Crippen LogP contribution in [-0.4, -0.2) is 108 Å². The van der Waals surface area contributed by atoms with E-state index in [9.17, 15) is 29.1 Å². The Balaban J connectivity index is 2.32. The molecule has 248 valence electrons. The Morgan fingerprint density at radius 2 is 1.88 bits per heavy atom. The molecule has 1 heterocycles. The highest BCUT2D eigenvalue weighted by Crippen LogP contribution is 2.29. The molecule has 13 nitrogen and oxygen atoms in total. The number of nitrogens with one attached hydrogen (secondary N) is 1. The molecule has 1 aliphatic rings. The van der Waals surface area contributed by atoms with E-state index in [0.717, 1.165) is 0 Å². The average molecular weight is 634 g/mol. The van der Waals surface area contributed by atoms with Gasteiger partial charge in [0, 0.05) is 57.7 Å². The van der Waals surface area contributed by atoms with Crippen LogP contribution in [0.3, 0.4) is 0 Å². The summed E-state index contributed by atoms with van der Waals surface area (Å²) in [6.07, 6.45) is 1.83. The molecule has 0 spiro atoms. The molecule has 4 amide bonds. The van der Waals surface area contributed by atoms with Gasteiger partial charge in [0.05, 0.1) is 23.6 Å². The number of ether oxygens (including phenoxy) is 4. The smallest absolute Gasteiger partial charge is 0.305 e. The molecule has 0 radical (unpaired) electrons. The van der Waals surface area contributed by atoms with Crippen molar-refractivity contribution in [2.75, 3.05) is 39.2 Å². The number of imide groups is 1. The number of rotatable bonds is 24. The lowest BCUT2D eigenvalue weighted by molar-refractivity contribution is -0.194. The minimum atomic E-state index is -0.782. The minimum absolute atomic E-state index is 0.0544. The number of nitrogens with zero attached hydrogens (tertiary/aromatic N) is 1. The highest BCUT2D eigenvalue weighted by Gasteiger charge is 2.42. The van der Waals surface area contributed by atoms with E-state index in [2.05, 4.69) is 5.32 Å². The van der Waals surface area contributed by atoms with E-state index in [1.165, 1.54) is 23.8 Å². The van der Waals surface area contributed by atoms with E-state index < -0.39 is 29.2 Å². The number of nitrogens with two attached hydrogens (primary N) is 1. The molecule has 0 bridgehead atoms. The van der Waals surface area contributed by atoms with Crippen LogP contribution < -0.4 is 11.1 Å². The molecule has 0 saturated carbocycles. The number of hydrogen-bond donors (Lipinski definition) is 3. The van der Waals surface area contributed by atoms with Crippen LogP contribution in [0.5, 0.6) is 0 Å². The number of carbonyl (C=O) groups excluding carboxylic acids is 5. The maximum atomic E-state index is 13.0. The van der Waals surface area contributed by atoms with Gasteiger partial charge >= 0.3 is 5.97 Å². The van der Waals surface area contributed by atoms with Crippen LogP contribution in [0.15, 0.2) is 0 Å². The molecule has 0 aromatic heterocycles. The highest BCUT2D eigenvalue weighted by atomic mass is 32.2. The molecule has 43 heavy (non-hydrogen) atoms. The van der Waals surface area contributed by atoms with Crippen LogP contribution in [0.4, 0.5) is 0 Å². The standard InChI is InChI=1S/C29H51N3O10S/c1-6-20(12-15-41-29(3,4)13-11-23(30)34)32-25(36)17-22(28(32)38)43-16-14-31-24(35)9-8-10-26(37)40-19-27(39-5)42-21(7-2)18-33/h20-22,27,33H,6-19H2,1-5H3,(H2,30,34)(H,31,35). The molecule has 4 unspecified atom stereocenters. The zero-order valence-corrected chi connectivity index (χ0v) is 27.1. The van der Waals surface area contributed by atoms with Gasteiger partial charge in [0.1, 0.15) is 6.61 Å². The number of carbonyl (C=O) groups is 5. The number of likely N-dealkylation sites (tertiary alicyclic amines) is 1. The molecule has 1 saturated heterocycles. The zero-order valence-electron chi connectivity index (χ0n) is 26.3. The van der Waals surface area contributed by atoms with Crippen molar-refractivity contribution in [3.63, 3.8) is 0 Å². The van der Waals surface area contributed by atoms with E-state index in [4.69, 9.17) is 24.7 Å². The van der Waals surface area contributed by atoms with Gasteiger partial charge in [0.25, 0.3) is 0 Å². The first-order chi connectivity index (χ1) is 20.4. The van der Waals surface area contributed by atoms with Gasteiger partial charge in [-0.1, -0.05) is 13.8 Å². The number of hydrogen-bond acceptors (Lipinski definition) is 11. The van der Waals surface area contributed by atoms with Gasteiger partial charge < -0.3 is 35.1 Å². The van der Waals surface area contributed by atoms with Crippen molar-refractivity contribution in [1.82, 2.24) is 10.2 Å². The fourth-order valence-electron chi connectivity index (χ4n) is 4.37. The van der Waals surface area contributed by atoms with Crippen LogP contribution in [-0.2, 0) is 42.9 Å². The number of methoxy groups -OCH3 is 1. The zero-order chi connectivity index (χ0) is 32.4. The van der Waals surface area contributed by atoms with Gasteiger partial charge in [-0.2, -0.15) is 0 Å². The van der Waals surface area contributed by atoms with Crippen molar-refractivity contribution in [2.24, 2.45) is 5.73 Å². The normalized spacial score (nSPS) is 17.5. The minimum Gasteiger partial charge on any atom is -0.460 e. The fraction of sp³-hybridized carbons (Fsp3) is 0.828. The Morgan fingerprint density at radius 3 is 2.49 bits per heavy atom. The Morgan fingerprint density at radius 1 is 1.16 bits per heavy atom. The number of thioether (sulfide) groups is 1. The summed E-state index contributed by atoms with van der Waals surface area (Å²) in [4.78, 5) is 62.3. The highest BCUT2D eigenvalue weighted by molar-refractivity contribution is 8.00. The van der Waals surface area contributed by atoms with Gasteiger partial charge in [-0.05, 0) is 46.0 Å². The first-order valence-corrected chi connectivity index (χ1v) is 16.0. The SMILES string of the molecule is CCC(CO)OC(COC(=O)CCCC(=O)NCCSC1CC(=O)N(C(CC)CCOC(C)(C)CCC(N)=O)C1=O)OC. The monoisotopic (exact) mass is 633 g/mol. The summed E-state index contributed by atoms with van der Waals surface area (Å²) < 4.78 is 21.6. The summed E-state index contributed by atoms with van der Waals surface area (Å²) in [6.45, 7) is 7.92. The van der Waals surface area contributed by atoms with Crippen molar-refractivity contribution in [1.29, 1.82) is 0 Å². The van der Waals surface area contributed by atoms with Crippen molar-refractivity contribution in [3.8, 4) is 0 Å². The Hall–Kier alpha value is -2.26. The van der Waals surface area contributed by atoms with Gasteiger partial charge in [0.15, 0.2) is 6.29 Å². The summed E-state index contributed by atoms with van der Waals surface area (Å²) >= 11 is 1.34. The lowest BCUT2D eigenvalue weighted by Gasteiger charge is -2.29. The molecule has 0 aromatic rings. The summed E-state index contributed by atoms with van der Waals surface area (Å²) in [6, 6.07) is -0.273. The van der Waals surface area contributed by atoms with Crippen LogP contribution in [0.25, 0.3) is 0 Å². The van der Waals surface area contributed by atoms with E-state index in [-0.39, 0.29) is 68.6 Å². The third kappa shape index (κ3) is 15.3. The van der Waals surface area contributed by atoms with E-state index in [1.807, 2.05) is 27.7 Å². The maximum absolute atomic E-state index is 13.0. The van der Waals surface area contributed by atoms with Crippen LogP contribution >= 0.6 is 11.8 Å². The number of primary amides is 1. The third-order valence-corrected chi connectivity index (χ3v) is 8.28. The molecule has 4 N–H and O–H groups in total. The van der Waals surface area contributed by atoms with Crippen LogP contribution in [0, 0.1) is 0 Å². The predicted molar refractivity (Wildman–Crippen MR) is 161 cm³/mol. The second-order valence-corrected chi connectivity index (χ2v) is 12.3. The number of esters is 1. The van der Waals surface area contributed by atoms with E-state index in [0.29, 0.717) is 51.0 Å². The van der Waals surface area contributed by atoms with Crippen LogP contribution in [0.2, 0.25) is 0 Å². The average Bonchev–Trinajstić information content (AvgIpc) is 3.24. The van der Waals surface area contributed by atoms with Crippen molar-refractivity contribution in [3.05, 3.63) is 0 Å². The maximum Gasteiger partial charge on any atom is 0.305 e. The predicted octanol–water partition coefficient (Wildman–Crippen LogP) is 1.67. The fourth-order valence-corrected chi connectivity index (χ4v) is 5.39. The molecule has 0 aliphatic carbocycles. The summed E-state index contributed by atoms with van der Waals surface area (Å²) in [7, 11) is 1.42. The van der Waals surface area contributed by atoms with Gasteiger partial charge in [0.2, 0.25) is 23.6 Å². The van der Waals surface area contributed by atoms with E-state index in [1.54, 1.807) is 0 Å². The van der Waals surface area contributed by atoms with Gasteiger partial charge in [-0.15, -0.1) is 11.8 Å². The molecule has 1 rings (SSSR count). The third-order valence-electron chi connectivity index (χ3n) is 7.07. The van der Waals surface area contributed by atoms with Gasteiger partial charge in [-0.3, -0.25) is 28.9 Å². The second kappa shape index (κ2) is 20.7. The number of amides is 4. The van der Waals surface area contributed by atoms with Crippen molar-refractivity contribution < 1.29 is 48.0 Å². The molecule has 14 heteroatoms. The van der Waals surface area contributed by atoms with E-state index >= 15 is 0 Å². The summed E-state index contributed by atoms with van der Waals surface area (Å²) in [5.74, 6) is -1.06. The Labute approximate surface area is 259 Å². The van der Waals surface area contributed by atoms with Crippen molar-refractivity contribution in [2.45, 2.75) is 115 Å². The van der Waals surface area contributed by atoms with Crippen molar-refractivity contribution >= 4 is 41.4 Å². The summed E-state index contributed by atoms with van der Waals surface area (Å²) in [5, 5.41) is 11.5. The quantitative estimate of drug-likeness (QED) is 0.0608. The largest absolute Gasteiger partial charge is 0.460 e. The van der Waals surface area contributed by atoms with Crippen LogP contribution in [0.1, 0.15) is 85.5 Å².